The number of fused-ring (bicyclic) bond motifs is 2. The van der Waals surface area contributed by atoms with Gasteiger partial charge in [-0.25, -0.2) is 14.6 Å². The minimum atomic E-state index is -1.31. The highest BCUT2D eigenvalue weighted by Crippen LogP contribution is 2.26. The molecule has 3 rings (SSSR count). The Labute approximate surface area is 210 Å². The van der Waals surface area contributed by atoms with Gasteiger partial charge < -0.3 is 35.3 Å². The fraction of sp³-hybridized carbons (Fsp3) is 0.333. The first-order valence-electron chi connectivity index (χ1n) is 11.4. The second kappa shape index (κ2) is 11.9. The fourth-order valence-electron chi connectivity index (χ4n) is 3.41. The number of ether oxygens (including phenoxy) is 1. The monoisotopic (exact) mass is 514 g/mol. The van der Waals surface area contributed by atoms with Gasteiger partial charge in [-0.3, -0.25) is 14.4 Å². The average Bonchev–Trinajstić information content (AvgIpc) is 2.85. The number of carboxylic acid groups (broad SMARTS) is 2. The van der Waals surface area contributed by atoms with E-state index in [1.807, 2.05) is 0 Å². The van der Waals surface area contributed by atoms with E-state index in [9.17, 15) is 29.1 Å². The summed E-state index contributed by atoms with van der Waals surface area (Å²) < 4.78 is 11.1. The van der Waals surface area contributed by atoms with Crippen molar-refractivity contribution < 1.29 is 38.5 Å². The zero-order chi connectivity index (χ0) is 27.1. The fourth-order valence-corrected chi connectivity index (χ4v) is 3.41. The average molecular weight is 514 g/mol. The second-order valence-electron chi connectivity index (χ2n) is 8.15. The topological polar surface area (TPSA) is 202 Å². The van der Waals surface area contributed by atoms with Crippen molar-refractivity contribution >= 4 is 35.0 Å². The van der Waals surface area contributed by atoms with E-state index in [0.29, 0.717) is 16.8 Å². The van der Waals surface area contributed by atoms with Crippen molar-refractivity contribution in [3.8, 4) is 17.2 Å². The standard InChI is InChI=1S/C24H26N4O9/c1-2-28(10-9-18(23(33)34)27-21(30)8-5-15(25)22(31)32)24(35)36-14-4-7-17-20(12-14)37-19-11-13(29)3-6-16(19)26-17/h3-4,6-7,11-12,15,18H,2,5,8-10,25H2,1H3,(H,27,30)(H,31,32)(H,33,34). The van der Waals surface area contributed by atoms with E-state index in [2.05, 4.69) is 10.3 Å². The maximum Gasteiger partial charge on any atom is 0.415 e. The van der Waals surface area contributed by atoms with Gasteiger partial charge in [-0.05, 0) is 44.0 Å². The van der Waals surface area contributed by atoms with E-state index in [-0.39, 0.29) is 49.3 Å². The number of aromatic nitrogens is 1. The highest BCUT2D eigenvalue weighted by Gasteiger charge is 2.24. The van der Waals surface area contributed by atoms with Gasteiger partial charge in [0.1, 0.15) is 29.0 Å². The van der Waals surface area contributed by atoms with Crippen molar-refractivity contribution in [1.29, 1.82) is 0 Å². The Hall–Kier alpha value is -4.52. The largest absolute Gasteiger partial charge is 0.480 e. The van der Waals surface area contributed by atoms with Gasteiger partial charge in [-0.15, -0.1) is 0 Å². The molecule has 0 spiro atoms. The van der Waals surface area contributed by atoms with Crippen LogP contribution in [0.4, 0.5) is 4.79 Å². The molecule has 2 atom stereocenters. The van der Waals surface area contributed by atoms with Crippen LogP contribution in [-0.4, -0.2) is 69.2 Å². The number of nitrogens with two attached hydrogens (primary N) is 1. The number of hydrogen-bond acceptors (Lipinski definition) is 9. The van der Waals surface area contributed by atoms with Gasteiger partial charge in [0.25, 0.3) is 0 Å². The summed E-state index contributed by atoms with van der Waals surface area (Å²) in [6, 6.07) is 6.25. The van der Waals surface area contributed by atoms with Crippen LogP contribution in [0.15, 0.2) is 45.6 Å². The molecule has 1 heterocycles. The van der Waals surface area contributed by atoms with Crippen LogP contribution in [0, 0.1) is 0 Å². The number of benzene rings is 2. The van der Waals surface area contributed by atoms with Crippen LogP contribution in [-0.2, 0) is 14.4 Å². The van der Waals surface area contributed by atoms with Gasteiger partial charge >= 0.3 is 18.0 Å². The maximum absolute atomic E-state index is 12.7. The second-order valence-corrected chi connectivity index (χ2v) is 8.15. The lowest BCUT2D eigenvalue weighted by atomic mass is 10.1. The van der Waals surface area contributed by atoms with Crippen molar-refractivity contribution in [2.45, 2.75) is 38.3 Å². The Bertz CT molecular complexity index is 1340. The van der Waals surface area contributed by atoms with Crippen LogP contribution in [0.1, 0.15) is 26.2 Å². The zero-order valence-corrected chi connectivity index (χ0v) is 19.9. The summed E-state index contributed by atoms with van der Waals surface area (Å²) in [4.78, 5) is 64.3. The van der Waals surface area contributed by atoms with Gasteiger partial charge in [0.2, 0.25) is 5.91 Å². The minimum absolute atomic E-state index is 0.0440. The number of rotatable bonds is 11. The molecular formula is C24H26N4O9. The normalized spacial score (nSPS) is 12.6. The third-order valence-electron chi connectivity index (χ3n) is 5.49. The molecule has 1 aliphatic heterocycles. The molecule has 13 nitrogen and oxygen atoms in total. The molecular weight excluding hydrogens is 488 g/mol. The smallest absolute Gasteiger partial charge is 0.415 e. The zero-order valence-electron chi connectivity index (χ0n) is 19.9. The Morgan fingerprint density at radius 3 is 2.54 bits per heavy atom. The molecule has 2 aliphatic rings. The number of hydrogen-bond donors (Lipinski definition) is 4. The molecule has 1 aromatic rings. The summed E-state index contributed by atoms with van der Waals surface area (Å²) in [6.45, 7) is 1.83. The molecule has 196 valence electrons. The van der Waals surface area contributed by atoms with E-state index in [1.54, 1.807) is 19.1 Å². The molecule has 0 fully saturated rings. The van der Waals surface area contributed by atoms with E-state index < -0.39 is 36.0 Å². The Kier molecular flexibility index (Phi) is 8.74. The Balaban J connectivity index is 1.62. The minimum Gasteiger partial charge on any atom is -0.480 e. The summed E-state index contributed by atoms with van der Waals surface area (Å²) in [5.74, 6) is -2.80. The van der Waals surface area contributed by atoms with Crippen molar-refractivity contribution in [3.05, 3.63) is 46.6 Å². The third-order valence-corrected chi connectivity index (χ3v) is 5.49. The summed E-state index contributed by atoms with van der Waals surface area (Å²) in [7, 11) is 0. The predicted molar refractivity (Wildman–Crippen MR) is 129 cm³/mol. The number of carbonyl (C=O) groups is 4. The molecule has 0 radical (unpaired) electrons. The van der Waals surface area contributed by atoms with Crippen molar-refractivity contribution in [2.24, 2.45) is 5.73 Å². The van der Waals surface area contributed by atoms with Crippen LogP contribution in [0.5, 0.6) is 5.75 Å². The highest BCUT2D eigenvalue weighted by atomic mass is 16.6. The van der Waals surface area contributed by atoms with Crippen molar-refractivity contribution in [2.75, 3.05) is 13.1 Å². The van der Waals surface area contributed by atoms with E-state index in [0.717, 1.165) is 0 Å². The van der Waals surface area contributed by atoms with Gasteiger partial charge in [0, 0.05) is 31.6 Å². The lowest BCUT2D eigenvalue weighted by Gasteiger charge is -2.22. The Morgan fingerprint density at radius 1 is 1.11 bits per heavy atom. The molecule has 1 aromatic carbocycles. The lowest BCUT2D eigenvalue weighted by molar-refractivity contribution is -0.142. The van der Waals surface area contributed by atoms with Crippen LogP contribution in [0.2, 0.25) is 0 Å². The van der Waals surface area contributed by atoms with Gasteiger partial charge in [-0.1, -0.05) is 0 Å². The molecule has 2 unspecified atom stereocenters. The SMILES string of the molecule is CCN(CCC(NC(=O)CCC(N)C(=O)O)C(=O)O)C(=O)Oc1ccc2nc3ccc(=O)cc-3oc2c1. The van der Waals surface area contributed by atoms with Crippen molar-refractivity contribution in [1.82, 2.24) is 15.2 Å². The van der Waals surface area contributed by atoms with Crippen LogP contribution in [0.25, 0.3) is 22.6 Å². The van der Waals surface area contributed by atoms with Crippen molar-refractivity contribution in [3.63, 3.8) is 0 Å². The summed E-state index contributed by atoms with van der Waals surface area (Å²) >= 11 is 0. The molecule has 13 heteroatoms. The van der Waals surface area contributed by atoms with Gasteiger partial charge in [0.15, 0.2) is 16.8 Å². The first-order valence-corrected chi connectivity index (χ1v) is 11.4. The quantitative estimate of drug-likeness (QED) is 0.268. The number of carbonyl (C=O) groups excluding carboxylic acids is 2. The summed E-state index contributed by atoms with van der Waals surface area (Å²) in [5.41, 5.74) is 6.40. The number of aliphatic carboxylic acids is 2. The number of nitrogens with one attached hydrogen (secondary N) is 1. The van der Waals surface area contributed by atoms with Crippen LogP contribution >= 0.6 is 0 Å². The molecule has 5 N–H and O–H groups in total. The predicted octanol–water partition coefficient (Wildman–Crippen LogP) is 1.27. The maximum atomic E-state index is 12.7. The number of nitrogens with zero attached hydrogens (tertiary/aromatic N) is 2. The van der Waals surface area contributed by atoms with E-state index >= 15 is 0 Å². The molecule has 0 saturated heterocycles. The van der Waals surface area contributed by atoms with E-state index in [1.165, 1.54) is 29.2 Å². The molecule has 0 saturated carbocycles. The van der Waals surface area contributed by atoms with Crippen LogP contribution in [0.3, 0.4) is 0 Å². The number of carboxylic acids is 2. The summed E-state index contributed by atoms with van der Waals surface area (Å²) in [6.07, 6.45) is -1.28. The molecule has 1 aliphatic carbocycles. The first kappa shape index (κ1) is 27.1. The van der Waals surface area contributed by atoms with E-state index in [4.69, 9.17) is 20.0 Å². The number of amides is 2. The van der Waals surface area contributed by atoms with Crippen LogP contribution < -0.4 is 21.2 Å². The molecule has 0 aromatic heterocycles. The Morgan fingerprint density at radius 2 is 1.86 bits per heavy atom. The highest BCUT2D eigenvalue weighted by molar-refractivity contribution is 5.84. The lowest BCUT2D eigenvalue weighted by Crippen LogP contribution is -2.44. The molecule has 0 bridgehead atoms. The van der Waals surface area contributed by atoms with Gasteiger partial charge in [-0.2, -0.15) is 0 Å². The molecule has 37 heavy (non-hydrogen) atoms. The summed E-state index contributed by atoms with van der Waals surface area (Å²) in [5, 5.41) is 20.5. The third kappa shape index (κ3) is 7.24. The van der Waals surface area contributed by atoms with Gasteiger partial charge in [0.05, 0.1) is 0 Å². The first-order chi connectivity index (χ1) is 17.6. The molecule has 2 amide bonds.